The fraction of sp³-hybridized carbons (Fsp3) is 0.250. The van der Waals surface area contributed by atoms with Gasteiger partial charge < -0.3 is 5.73 Å². The molecular formula is C8H7F3NW-. The molecule has 0 atom stereocenters. The minimum atomic E-state index is -4.36. The number of hydrogen-bond acceptors (Lipinski definition) is 1. The van der Waals surface area contributed by atoms with E-state index < -0.39 is 11.7 Å². The number of halogens is 3. The Labute approximate surface area is 88.4 Å². The van der Waals surface area contributed by atoms with Gasteiger partial charge >= 0.3 is 6.18 Å². The minimum absolute atomic E-state index is 0. The minimum Gasteiger partial charge on any atom is -0.419 e. The molecule has 0 amide bonds. The molecular weight excluding hydrogens is 351 g/mol. The van der Waals surface area contributed by atoms with Gasteiger partial charge in [-0.3, -0.25) is 0 Å². The van der Waals surface area contributed by atoms with Gasteiger partial charge in [0.2, 0.25) is 0 Å². The first-order valence-electron chi connectivity index (χ1n) is 3.26. The summed E-state index contributed by atoms with van der Waals surface area (Å²) in [6.45, 7) is 1.63. The third kappa shape index (κ3) is 3.03. The van der Waals surface area contributed by atoms with Gasteiger partial charge in [-0.15, -0.1) is 11.6 Å². The molecule has 0 bridgehead atoms. The molecule has 0 spiro atoms. The second kappa shape index (κ2) is 4.14. The summed E-state index contributed by atoms with van der Waals surface area (Å²) < 4.78 is 36.0. The number of benzene rings is 1. The maximum atomic E-state index is 12.0. The number of rotatable bonds is 0. The van der Waals surface area contributed by atoms with Crippen LogP contribution < -0.4 is 5.73 Å². The first-order chi connectivity index (χ1) is 5.41. The molecule has 1 nitrogen and oxygen atoms in total. The van der Waals surface area contributed by atoms with Crippen molar-refractivity contribution in [3.63, 3.8) is 0 Å². The summed E-state index contributed by atoms with van der Waals surface area (Å²) in [4.78, 5) is 0. The fourth-order valence-electron chi connectivity index (χ4n) is 0.744. The number of alkyl halides is 3. The van der Waals surface area contributed by atoms with Crippen LogP contribution in [0.4, 0.5) is 18.9 Å². The van der Waals surface area contributed by atoms with Crippen molar-refractivity contribution in [2.75, 3.05) is 5.73 Å². The molecule has 0 saturated heterocycles. The Morgan fingerprint density at radius 2 is 1.92 bits per heavy atom. The van der Waals surface area contributed by atoms with E-state index in [-0.39, 0.29) is 26.8 Å². The molecule has 0 radical (unpaired) electrons. The van der Waals surface area contributed by atoms with Gasteiger partial charge in [0.1, 0.15) is 0 Å². The van der Waals surface area contributed by atoms with Gasteiger partial charge in [0.05, 0.1) is 0 Å². The average molecular weight is 358 g/mol. The van der Waals surface area contributed by atoms with Crippen molar-refractivity contribution in [2.45, 2.75) is 13.1 Å². The van der Waals surface area contributed by atoms with Crippen LogP contribution in [0.3, 0.4) is 0 Å². The van der Waals surface area contributed by atoms with Gasteiger partial charge in [0.25, 0.3) is 0 Å². The number of aryl methyl sites for hydroxylation is 1. The zero-order valence-electron chi connectivity index (χ0n) is 6.77. The van der Waals surface area contributed by atoms with E-state index in [1.165, 1.54) is 6.07 Å². The third-order valence-corrected chi connectivity index (χ3v) is 1.50. The second-order valence-electron chi connectivity index (χ2n) is 2.48. The summed E-state index contributed by atoms with van der Waals surface area (Å²) in [6, 6.07) is 4.23. The topological polar surface area (TPSA) is 26.0 Å². The predicted molar refractivity (Wildman–Crippen MR) is 39.4 cm³/mol. The van der Waals surface area contributed by atoms with Crippen molar-refractivity contribution >= 4 is 5.69 Å². The quantitative estimate of drug-likeness (QED) is 0.560. The molecule has 72 valence electrons. The van der Waals surface area contributed by atoms with E-state index in [9.17, 15) is 13.2 Å². The molecule has 2 N–H and O–H groups in total. The number of nitrogens with two attached hydrogens (primary N) is 1. The van der Waals surface area contributed by atoms with E-state index in [1.54, 1.807) is 6.92 Å². The maximum absolute atomic E-state index is 12.0. The number of anilines is 1. The molecule has 5 heteroatoms. The molecule has 1 aromatic rings. The van der Waals surface area contributed by atoms with Gasteiger partial charge in [-0.25, -0.2) is 0 Å². The Hall–Kier alpha value is -0.502. The third-order valence-electron chi connectivity index (χ3n) is 1.50. The van der Waals surface area contributed by atoms with Gasteiger partial charge in [-0.05, 0) is 0 Å². The largest absolute Gasteiger partial charge is 0.419 e. The summed E-state index contributed by atoms with van der Waals surface area (Å²) in [5.41, 5.74) is 5.21. The van der Waals surface area contributed by atoms with Crippen LogP contribution in [0.15, 0.2) is 12.1 Å². The van der Waals surface area contributed by atoms with E-state index in [2.05, 4.69) is 6.07 Å². The summed E-state index contributed by atoms with van der Waals surface area (Å²) in [6.07, 6.45) is -4.36. The van der Waals surface area contributed by atoms with E-state index in [0.29, 0.717) is 5.56 Å². The molecule has 0 aliphatic rings. The van der Waals surface area contributed by atoms with Gasteiger partial charge in [-0.2, -0.15) is 25.3 Å². The maximum Gasteiger partial charge on any atom is 0.394 e. The molecule has 13 heavy (non-hydrogen) atoms. The standard InChI is InChI=1S/C8H7F3N.W/c1-5-2-3-6(4-7(5)12)8(9,10)11;/h2,4H,12H2,1H3;/q-1;. The van der Waals surface area contributed by atoms with Crippen LogP contribution in [0, 0.1) is 13.0 Å². The van der Waals surface area contributed by atoms with Crippen molar-refractivity contribution in [1.29, 1.82) is 0 Å². The zero-order chi connectivity index (χ0) is 9.35. The van der Waals surface area contributed by atoms with Crippen LogP contribution in [0.1, 0.15) is 11.1 Å². The molecule has 0 saturated carbocycles. The molecule has 0 aliphatic heterocycles. The summed E-state index contributed by atoms with van der Waals surface area (Å²) in [5.74, 6) is 0. The summed E-state index contributed by atoms with van der Waals surface area (Å²) in [7, 11) is 0. The van der Waals surface area contributed by atoms with E-state index >= 15 is 0 Å². The van der Waals surface area contributed by atoms with Crippen molar-refractivity contribution < 1.29 is 34.2 Å². The van der Waals surface area contributed by atoms with Gasteiger partial charge in [-0.1, -0.05) is 18.2 Å². The average Bonchev–Trinajstić information content (AvgIpc) is 1.92. The van der Waals surface area contributed by atoms with Crippen LogP contribution in [-0.2, 0) is 27.2 Å². The molecule has 0 heterocycles. The summed E-state index contributed by atoms with van der Waals surface area (Å²) in [5, 5.41) is 0. The second-order valence-corrected chi connectivity index (χ2v) is 2.48. The Balaban J connectivity index is 0.00000144. The first-order valence-corrected chi connectivity index (χ1v) is 3.26. The SMILES string of the molecule is Cc1c[c-]c(C(F)(F)F)cc1N.[W]. The van der Waals surface area contributed by atoms with Crippen LogP contribution >= 0.6 is 0 Å². The molecule has 0 aliphatic carbocycles. The normalized spacial score (nSPS) is 10.8. The number of hydrogen-bond donors (Lipinski definition) is 1. The van der Waals surface area contributed by atoms with E-state index in [1.807, 2.05) is 0 Å². The Morgan fingerprint density at radius 3 is 2.31 bits per heavy atom. The monoisotopic (exact) mass is 358 g/mol. The Kier molecular flexibility index (Phi) is 3.98. The predicted octanol–water partition coefficient (Wildman–Crippen LogP) is 2.39. The molecule has 1 aromatic carbocycles. The fourth-order valence-corrected chi connectivity index (χ4v) is 0.744. The van der Waals surface area contributed by atoms with Crippen LogP contribution in [0.2, 0.25) is 0 Å². The van der Waals surface area contributed by atoms with Crippen molar-refractivity contribution in [2.24, 2.45) is 0 Å². The molecule has 1 rings (SSSR count). The van der Waals surface area contributed by atoms with Crippen molar-refractivity contribution in [1.82, 2.24) is 0 Å². The zero-order valence-corrected chi connectivity index (χ0v) is 9.71. The van der Waals surface area contributed by atoms with Gasteiger partial charge in [0, 0.05) is 21.1 Å². The summed E-state index contributed by atoms with van der Waals surface area (Å²) >= 11 is 0. The Bertz CT molecular complexity index is 296. The van der Waals surface area contributed by atoms with Crippen molar-refractivity contribution in [3.8, 4) is 0 Å². The molecule has 0 aromatic heterocycles. The van der Waals surface area contributed by atoms with E-state index in [4.69, 9.17) is 5.73 Å². The molecule has 0 unspecified atom stereocenters. The molecule has 0 fully saturated rings. The van der Waals surface area contributed by atoms with E-state index in [0.717, 1.165) is 6.07 Å². The first kappa shape index (κ1) is 12.5. The smallest absolute Gasteiger partial charge is 0.394 e. The Morgan fingerprint density at radius 1 is 1.38 bits per heavy atom. The number of nitrogen functional groups attached to an aromatic ring is 1. The van der Waals surface area contributed by atoms with Crippen LogP contribution in [0.25, 0.3) is 0 Å². The van der Waals surface area contributed by atoms with Crippen LogP contribution in [0.5, 0.6) is 0 Å². The van der Waals surface area contributed by atoms with Gasteiger partial charge in [0.15, 0.2) is 0 Å². The van der Waals surface area contributed by atoms with Crippen LogP contribution in [-0.4, -0.2) is 0 Å². The van der Waals surface area contributed by atoms with Crippen molar-refractivity contribution in [3.05, 3.63) is 29.3 Å².